The third-order valence-electron chi connectivity index (χ3n) is 5.80. The van der Waals surface area contributed by atoms with E-state index in [2.05, 4.69) is 41.7 Å². The van der Waals surface area contributed by atoms with E-state index >= 15 is 0 Å². The van der Waals surface area contributed by atoms with Gasteiger partial charge in [-0.1, -0.05) is 35.3 Å². The summed E-state index contributed by atoms with van der Waals surface area (Å²) in [5, 5.41) is 36.7. The standard InChI is InChI=1S/C28H27Cl2N9O4/c1-28(2,3)34-25(41)14-22(20-13-21(35-36-26(20)30)16-4-8-19(9-5-16)32-27(42)43)33-24(40)11-6-17-12-18(29)7-10-23(17)39-15-31-37-38-39/h4-13,15,22,32H,14H2,1-3H3,(H,33,40)(H,34,41)(H,42,43). The Morgan fingerprint density at radius 2 is 1.79 bits per heavy atom. The minimum absolute atomic E-state index is 0.00145. The monoisotopic (exact) mass is 623 g/mol. The van der Waals surface area contributed by atoms with Gasteiger partial charge in [-0.25, -0.2) is 4.79 Å². The molecule has 222 valence electrons. The number of benzene rings is 2. The van der Waals surface area contributed by atoms with Gasteiger partial charge in [0.2, 0.25) is 11.8 Å². The minimum atomic E-state index is -1.19. The maximum absolute atomic E-state index is 13.2. The topological polar surface area (TPSA) is 177 Å². The summed E-state index contributed by atoms with van der Waals surface area (Å²) in [6, 6.07) is 12.2. The first kappa shape index (κ1) is 31.1. The van der Waals surface area contributed by atoms with Gasteiger partial charge in [-0.05, 0) is 73.7 Å². The fraction of sp³-hybridized carbons (Fsp3) is 0.214. The zero-order valence-electron chi connectivity index (χ0n) is 23.2. The van der Waals surface area contributed by atoms with Crippen molar-refractivity contribution in [1.82, 2.24) is 41.0 Å². The Bertz CT molecular complexity index is 1650. The number of nitrogens with zero attached hydrogens (tertiary/aromatic N) is 6. The number of halogens is 2. The fourth-order valence-corrected chi connectivity index (χ4v) is 4.45. The Morgan fingerprint density at radius 3 is 2.44 bits per heavy atom. The molecule has 1 atom stereocenters. The molecular formula is C28H27Cl2N9O4. The van der Waals surface area contributed by atoms with Crippen molar-refractivity contribution in [3.8, 4) is 16.9 Å². The van der Waals surface area contributed by atoms with Crippen LogP contribution >= 0.6 is 23.2 Å². The lowest BCUT2D eigenvalue weighted by Gasteiger charge is -2.24. The molecule has 13 nitrogen and oxygen atoms in total. The third-order valence-corrected chi connectivity index (χ3v) is 6.33. The summed E-state index contributed by atoms with van der Waals surface area (Å²) in [5.41, 5.74) is 2.40. The molecule has 0 aliphatic rings. The van der Waals surface area contributed by atoms with Gasteiger partial charge in [-0.2, -0.15) is 4.68 Å². The molecule has 4 rings (SSSR count). The SMILES string of the molecule is CC(C)(C)NC(=O)CC(NC(=O)C=Cc1cc(Cl)ccc1-n1cnnn1)c1cc(-c2ccc(NC(=O)O)cc2)nnc1Cl. The summed E-state index contributed by atoms with van der Waals surface area (Å²) in [4.78, 5) is 37.1. The molecule has 0 saturated carbocycles. The minimum Gasteiger partial charge on any atom is -0.465 e. The zero-order valence-corrected chi connectivity index (χ0v) is 24.8. The lowest BCUT2D eigenvalue weighted by Crippen LogP contribution is -2.42. The lowest BCUT2D eigenvalue weighted by molar-refractivity contribution is -0.123. The predicted molar refractivity (Wildman–Crippen MR) is 161 cm³/mol. The summed E-state index contributed by atoms with van der Waals surface area (Å²) in [6.07, 6.45) is 2.93. The quantitative estimate of drug-likeness (QED) is 0.192. The average molecular weight is 624 g/mol. The summed E-state index contributed by atoms with van der Waals surface area (Å²) in [6.45, 7) is 5.53. The predicted octanol–water partition coefficient (Wildman–Crippen LogP) is 4.69. The highest BCUT2D eigenvalue weighted by molar-refractivity contribution is 6.31. The number of hydrogen-bond acceptors (Lipinski definition) is 8. The number of carbonyl (C=O) groups excluding carboxylic acids is 2. The molecule has 3 amide bonds. The molecule has 4 aromatic rings. The number of amides is 3. The Kier molecular flexibility index (Phi) is 9.68. The first-order valence-electron chi connectivity index (χ1n) is 12.8. The van der Waals surface area contributed by atoms with Gasteiger partial charge in [-0.15, -0.1) is 15.3 Å². The summed E-state index contributed by atoms with van der Waals surface area (Å²) < 4.78 is 1.43. The fourth-order valence-electron chi connectivity index (χ4n) is 4.04. The van der Waals surface area contributed by atoms with Crippen LogP contribution in [0.25, 0.3) is 23.0 Å². The molecule has 15 heteroatoms. The smallest absolute Gasteiger partial charge is 0.409 e. The maximum Gasteiger partial charge on any atom is 0.409 e. The summed E-state index contributed by atoms with van der Waals surface area (Å²) >= 11 is 12.6. The van der Waals surface area contributed by atoms with Crippen molar-refractivity contribution < 1.29 is 19.5 Å². The van der Waals surface area contributed by atoms with Crippen LogP contribution in [0.3, 0.4) is 0 Å². The Balaban J connectivity index is 1.63. The molecule has 0 saturated heterocycles. The number of carboxylic acid groups (broad SMARTS) is 1. The molecule has 0 fully saturated rings. The van der Waals surface area contributed by atoms with Gasteiger partial charge in [0.15, 0.2) is 5.15 Å². The van der Waals surface area contributed by atoms with Gasteiger partial charge < -0.3 is 15.7 Å². The number of carbonyl (C=O) groups is 3. The summed E-state index contributed by atoms with van der Waals surface area (Å²) in [7, 11) is 0. The Morgan fingerprint density at radius 1 is 1.05 bits per heavy atom. The highest BCUT2D eigenvalue weighted by atomic mass is 35.5. The van der Waals surface area contributed by atoms with Crippen LogP contribution < -0.4 is 16.0 Å². The van der Waals surface area contributed by atoms with Crippen molar-refractivity contribution in [2.24, 2.45) is 0 Å². The van der Waals surface area contributed by atoms with Crippen molar-refractivity contribution in [3.63, 3.8) is 0 Å². The van der Waals surface area contributed by atoms with E-state index in [1.54, 1.807) is 54.6 Å². The second-order valence-electron chi connectivity index (χ2n) is 10.3. The van der Waals surface area contributed by atoms with Crippen molar-refractivity contribution >= 4 is 52.9 Å². The maximum atomic E-state index is 13.2. The third kappa shape index (κ3) is 8.80. The molecule has 0 aliphatic heterocycles. The number of nitrogens with one attached hydrogen (secondary N) is 3. The van der Waals surface area contributed by atoms with Crippen LogP contribution in [0.1, 0.15) is 44.4 Å². The van der Waals surface area contributed by atoms with Crippen LogP contribution in [0.15, 0.2) is 60.9 Å². The van der Waals surface area contributed by atoms with Crippen LogP contribution in [0.4, 0.5) is 10.5 Å². The van der Waals surface area contributed by atoms with Crippen molar-refractivity contribution in [3.05, 3.63) is 82.2 Å². The van der Waals surface area contributed by atoms with Crippen LogP contribution in [0.2, 0.25) is 10.2 Å². The molecule has 0 aliphatic carbocycles. The zero-order chi connectivity index (χ0) is 31.1. The Hall–Kier alpha value is -4.88. The largest absolute Gasteiger partial charge is 0.465 e. The second kappa shape index (κ2) is 13.4. The van der Waals surface area contributed by atoms with E-state index in [-0.39, 0.29) is 17.5 Å². The molecule has 0 radical (unpaired) electrons. The van der Waals surface area contributed by atoms with E-state index in [9.17, 15) is 14.4 Å². The van der Waals surface area contributed by atoms with Crippen LogP contribution in [0, 0.1) is 0 Å². The van der Waals surface area contributed by atoms with E-state index in [1.807, 2.05) is 20.8 Å². The molecule has 2 heterocycles. The van der Waals surface area contributed by atoms with Crippen molar-refractivity contribution in [2.75, 3.05) is 5.32 Å². The molecule has 0 spiro atoms. The van der Waals surface area contributed by atoms with Crippen LogP contribution in [-0.2, 0) is 9.59 Å². The van der Waals surface area contributed by atoms with Gasteiger partial charge >= 0.3 is 6.09 Å². The van der Waals surface area contributed by atoms with E-state index in [1.165, 1.54) is 17.1 Å². The molecule has 0 bridgehead atoms. The molecule has 1 unspecified atom stereocenters. The highest BCUT2D eigenvalue weighted by Gasteiger charge is 2.24. The van der Waals surface area contributed by atoms with Crippen LogP contribution in [-0.4, -0.2) is 59.0 Å². The van der Waals surface area contributed by atoms with E-state index < -0.39 is 23.6 Å². The molecule has 2 aromatic heterocycles. The Labute approximate surface area is 256 Å². The number of hydrogen-bond donors (Lipinski definition) is 4. The molecular weight excluding hydrogens is 597 g/mol. The van der Waals surface area contributed by atoms with E-state index in [0.717, 1.165) is 0 Å². The number of anilines is 1. The first-order chi connectivity index (χ1) is 20.4. The average Bonchev–Trinajstić information content (AvgIpc) is 3.46. The summed E-state index contributed by atoms with van der Waals surface area (Å²) in [5.74, 6) is -0.842. The molecule has 43 heavy (non-hydrogen) atoms. The van der Waals surface area contributed by atoms with Gasteiger partial charge in [-0.3, -0.25) is 14.9 Å². The van der Waals surface area contributed by atoms with Crippen LogP contribution in [0.5, 0.6) is 0 Å². The lowest BCUT2D eigenvalue weighted by atomic mass is 10.0. The van der Waals surface area contributed by atoms with Gasteiger partial charge in [0, 0.05) is 39.0 Å². The molecule has 4 N–H and O–H groups in total. The number of tetrazole rings is 1. The van der Waals surface area contributed by atoms with Crippen molar-refractivity contribution in [1.29, 1.82) is 0 Å². The van der Waals surface area contributed by atoms with Gasteiger partial charge in [0.1, 0.15) is 6.33 Å². The van der Waals surface area contributed by atoms with E-state index in [0.29, 0.717) is 38.8 Å². The van der Waals surface area contributed by atoms with Gasteiger partial charge in [0.05, 0.1) is 23.8 Å². The van der Waals surface area contributed by atoms with Gasteiger partial charge in [0.25, 0.3) is 0 Å². The highest BCUT2D eigenvalue weighted by Crippen LogP contribution is 2.29. The molecule has 2 aromatic carbocycles. The number of aromatic nitrogens is 6. The van der Waals surface area contributed by atoms with Crippen molar-refractivity contribution in [2.45, 2.75) is 38.8 Å². The normalized spacial score (nSPS) is 12.1. The van der Waals surface area contributed by atoms with E-state index in [4.69, 9.17) is 28.3 Å². The number of rotatable bonds is 9. The second-order valence-corrected chi connectivity index (χ2v) is 11.1. The first-order valence-corrected chi connectivity index (χ1v) is 13.6.